The molecule has 40 heavy (non-hydrogen) atoms. The van der Waals surface area contributed by atoms with Gasteiger partial charge in [-0.25, -0.2) is 19.4 Å². The second-order valence-corrected chi connectivity index (χ2v) is 9.25. The van der Waals surface area contributed by atoms with Gasteiger partial charge < -0.3 is 19.5 Å². The molecular weight excluding hydrogens is 629 g/mol. The summed E-state index contributed by atoms with van der Waals surface area (Å²) in [5.74, 6) is 0.604. The van der Waals surface area contributed by atoms with Crippen molar-refractivity contribution in [3.05, 3.63) is 101 Å². The van der Waals surface area contributed by atoms with Crippen LogP contribution in [-0.2, 0) is 0 Å². The number of carbonyl (C=O) groups is 3. The minimum atomic E-state index is -1.07. The average Bonchev–Trinajstić information content (AvgIpc) is 3.39. The van der Waals surface area contributed by atoms with Crippen LogP contribution in [0.3, 0.4) is 0 Å². The van der Waals surface area contributed by atoms with Crippen molar-refractivity contribution in [3.63, 3.8) is 0 Å². The normalized spacial score (nSPS) is 10.6. The molecule has 11 nitrogen and oxygen atoms in total. The van der Waals surface area contributed by atoms with E-state index in [4.69, 9.17) is 14.2 Å². The fourth-order valence-corrected chi connectivity index (χ4v) is 3.99. The Morgan fingerprint density at radius 2 is 1.48 bits per heavy atom. The number of hydrogen-bond donors (Lipinski definition) is 1. The lowest BCUT2D eigenvalue weighted by atomic mass is 10.2. The van der Waals surface area contributed by atoms with Crippen LogP contribution in [0.25, 0.3) is 10.9 Å². The fraction of sp³-hybridized carbons (Fsp3) is 0.0357. The van der Waals surface area contributed by atoms with E-state index in [2.05, 4.69) is 15.3 Å². The van der Waals surface area contributed by atoms with Gasteiger partial charge in [0.25, 0.3) is 0 Å². The van der Waals surface area contributed by atoms with Gasteiger partial charge in [-0.2, -0.15) is 4.98 Å². The van der Waals surface area contributed by atoms with Crippen LogP contribution >= 0.6 is 22.6 Å². The minimum absolute atomic E-state index is 0.0840. The lowest BCUT2D eigenvalue weighted by Crippen LogP contribution is -2.42. The number of para-hydroxylation sites is 2. The van der Waals surface area contributed by atoms with E-state index in [1.54, 1.807) is 98.2 Å². The quantitative estimate of drug-likeness (QED) is 0.223. The Kier molecular flexibility index (Phi) is 7.87. The Hall–Kier alpha value is -4.98. The summed E-state index contributed by atoms with van der Waals surface area (Å²) in [6.45, 7) is 0. The number of halogens is 1. The first-order valence-electron chi connectivity index (χ1n) is 11.8. The minimum Gasteiger partial charge on any atom is -0.438 e. The number of imide groups is 1. The van der Waals surface area contributed by atoms with Crippen LogP contribution < -0.4 is 24.4 Å². The van der Waals surface area contributed by atoms with Crippen LogP contribution in [0, 0.1) is 3.57 Å². The molecule has 0 aliphatic carbocycles. The summed E-state index contributed by atoms with van der Waals surface area (Å²) in [5, 5.41) is 3.34. The van der Waals surface area contributed by atoms with Gasteiger partial charge in [-0.15, -0.1) is 4.90 Å². The zero-order chi connectivity index (χ0) is 28.1. The molecular formula is C28H20IN5O6. The van der Waals surface area contributed by atoms with Gasteiger partial charge in [0.15, 0.2) is 0 Å². The Morgan fingerprint density at radius 1 is 0.850 bits per heavy atom. The van der Waals surface area contributed by atoms with Gasteiger partial charge in [-0.1, -0.05) is 36.4 Å². The van der Waals surface area contributed by atoms with Gasteiger partial charge in [-0.3, -0.25) is 4.57 Å². The van der Waals surface area contributed by atoms with E-state index in [-0.39, 0.29) is 29.4 Å². The Bertz CT molecular complexity index is 1640. The van der Waals surface area contributed by atoms with E-state index in [1.807, 2.05) is 22.6 Å². The standard InChI is InChI=1S/C28H20IN5O6/c1-30-26(35)33-15-14-18-16-21(12-13-23(18)33)38-24-22(29)17-31-25(32-24)34(27(36)39-19-8-4-2-5-9-19)28(37)40-20-10-6-3-7-11-20/h2-17H,1H3,(H,30,35). The number of nitrogens with zero attached hydrogens (tertiary/aromatic N) is 4. The topological polar surface area (TPSA) is 125 Å². The SMILES string of the molecule is CNC(=O)n1ccc2cc(Oc3nc(N(C(=O)Oc4ccccc4)C(=O)Oc4ccccc4)ncc3I)ccc21. The molecule has 1 N–H and O–H groups in total. The van der Waals surface area contributed by atoms with Crippen LogP contribution in [0.15, 0.2) is 97.3 Å². The highest BCUT2D eigenvalue weighted by molar-refractivity contribution is 14.1. The van der Waals surface area contributed by atoms with Crippen LogP contribution in [0.1, 0.15) is 0 Å². The summed E-state index contributed by atoms with van der Waals surface area (Å²) >= 11 is 1.98. The van der Waals surface area contributed by atoms with Gasteiger partial charge in [0.1, 0.15) is 17.2 Å². The van der Waals surface area contributed by atoms with Crippen LogP contribution in [0.2, 0.25) is 0 Å². The molecule has 3 aromatic carbocycles. The van der Waals surface area contributed by atoms with Crippen LogP contribution in [0.5, 0.6) is 23.1 Å². The molecule has 0 saturated carbocycles. The number of anilines is 1. The second-order valence-electron chi connectivity index (χ2n) is 8.08. The highest BCUT2D eigenvalue weighted by atomic mass is 127. The summed E-state index contributed by atoms with van der Waals surface area (Å²) in [4.78, 5) is 47.5. The van der Waals surface area contributed by atoms with Crippen molar-refractivity contribution in [1.29, 1.82) is 0 Å². The van der Waals surface area contributed by atoms with Crippen LogP contribution in [0.4, 0.5) is 20.3 Å². The molecule has 0 fully saturated rings. The maximum atomic E-state index is 13.2. The van der Waals surface area contributed by atoms with Crippen molar-refractivity contribution >= 4 is 57.7 Å². The zero-order valence-corrected chi connectivity index (χ0v) is 23.0. The fourth-order valence-electron chi connectivity index (χ4n) is 3.62. The van der Waals surface area contributed by atoms with Gasteiger partial charge in [0.05, 0.1) is 9.09 Å². The van der Waals surface area contributed by atoms with Gasteiger partial charge >= 0.3 is 18.2 Å². The molecule has 2 heterocycles. The van der Waals surface area contributed by atoms with Crippen molar-refractivity contribution in [3.8, 4) is 23.1 Å². The molecule has 0 bridgehead atoms. The number of fused-ring (bicyclic) bond motifs is 1. The maximum Gasteiger partial charge on any atom is 0.432 e. The molecule has 5 aromatic rings. The first kappa shape index (κ1) is 26.6. The summed E-state index contributed by atoms with van der Waals surface area (Å²) < 4.78 is 18.8. The number of amides is 3. The van der Waals surface area contributed by atoms with Gasteiger partial charge in [0, 0.05) is 24.8 Å². The smallest absolute Gasteiger partial charge is 0.432 e. The van der Waals surface area contributed by atoms with Gasteiger partial charge in [-0.05, 0) is 71.1 Å². The first-order chi connectivity index (χ1) is 19.4. The van der Waals surface area contributed by atoms with Crippen molar-refractivity contribution in [2.24, 2.45) is 0 Å². The molecule has 3 amide bonds. The average molecular weight is 649 g/mol. The molecule has 0 unspecified atom stereocenters. The van der Waals surface area contributed by atoms with Crippen LogP contribution in [-0.4, -0.2) is 39.8 Å². The first-order valence-corrected chi connectivity index (χ1v) is 12.9. The van der Waals surface area contributed by atoms with E-state index >= 15 is 0 Å². The summed E-state index contributed by atoms with van der Waals surface area (Å²) in [6, 6.07) is 23.1. The number of aromatic nitrogens is 3. The van der Waals surface area contributed by atoms with Crippen molar-refractivity contribution in [2.45, 2.75) is 0 Å². The number of hydrogen-bond acceptors (Lipinski definition) is 8. The Balaban J connectivity index is 1.46. The molecule has 2 aromatic heterocycles. The van der Waals surface area contributed by atoms with Gasteiger partial charge in [0.2, 0.25) is 11.8 Å². The second kappa shape index (κ2) is 11.8. The molecule has 0 atom stereocenters. The van der Waals surface area contributed by atoms with Crippen molar-refractivity contribution in [1.82, 2.24) is 19.9 Å². The lowest BCUT2D eigenvalue weighted by Gasteiger charge is -2.19. The predicted molar refractivity (Wildman–Crippen MR) is 154 cm³/mol. The zero-order valence-electron chi connectivity index (χ0n) is 20.9. The Labute approximate surface area is 241 Å². The summed E-state index contributed by atoms with van der Waals surface area (Å²) in [6.07, 6.45) is 0.902. The largest absolute Gasteiger partial charge is 0.438 e. The molecule has 12 heteroatoms. The van der Waals surface area contributed by atoms with E-state index in [1.165, 1.54) is 10.8 Å². The molecule has 0 spiro atoms. The summed E-state index contributed by atoms with van der Waals surface area (Å²) in [5.41, 5.74) is 0.684. The lowest BCUT2D eigenvalue weighted by molar-refractivity contribution is 0.190. The third-order valence-corrected chi connectivity index (χ3v) is 6.21. The predicted octanol–water partition coefficient (Wildman–Crippen LogP) is 6.22. The van der Waals surface area contributed by atoms with E-state index in [9.17, 15) is 14.4 Å². The number of ether oxygens (including phenoxy) is 3. The summed E-state index contributed by atoms with van der Waals surface area (Å²) in [7, 11) is 1.55. The molecule has 5 rings (SSSR count). The monoisotopic (exact) mass is 649 g/mol. The molecule has 0 saturated heterocycles. The highest BCUT2D eigenvalue weighted by Crippen LogP contribution is 2.30. The van der Waals surface area contributed by atoms with E-state index < -0.39 is 12.2 Å². The molecule has 0 aliphatic heterocycles. The number of carbonyl (C=O) groups excluding carboxylic acids is 3. The van der Waals surface area contributed by atoms with E-state index in [0.717, 1.165) is 5.39 Å². The molecule has 200 valence electrons. The van der Waals surface area contributed by atoms with Crippen molar-refractivity contribution in [2.75, 3.05) is 11.9 Å². The molecule has 0 aliphatic rings. The third-order valence-electron chi connectivity index (χ3n) is 5.47. The Morgan fingerprint density at radius 3 is 2.08 bits per heavy atom. The van der Waals surface area contributed by atoms with E-state index in [0.29, 0.717) is 19.7 Å². The molecule has 0 radical (unpaired) electrons. The number of benzene rings is 3. The highest BCUT2D eigenvalue weighted by Gasteiger charge is 2.31. The number of nitrogens with one attached hydrogen (secondary N) is 1. The number of rotatable bonds is 5. The third kappa shape index (κ3) is 5.86. The maximum absolute atomic E-state index is 13.2. The van der Waals surface area contributed by atoms with Crippen molar-refractivity contribution < 1.29 is 28.6 Å².